The lowest BCUT2D eigenvalue weighted by molar-refractivity contribution is 0.0942. The van der Waals surface area contributed by atoms with E-state index >= 15 is 0 Å². The fraction of sp³-hybridized carbons (Fsp3) is 0.231. The molecule has 1 N–H and O–H groups in total. The van der Waals surface area contributed by atoms with E-state index in [0.717, 1.165) is 10.6 Å². The molecular weight excluding hydrogens is 296 g/mol. The maximum atomic E-state index is 12.1. The van der Waals surface area contributed by atoms with Crippen LogP contribution in [0.3, 0.4) is 0 Å². The first-order chi connectivity index (χ1) is 9.72. The Balaban J connectivity index is 2.07. The number of carbonyl (C=O) groups is 1. The average Bonchev–Trinajstić information content (AvgIpc) is 2.47. The van der Waals surface area contributed by atoms with E-state index in [2.05, 4.69) is 20.3 Å². The number of halogens is 1. The van der Waals surface area contributed by atoms with Crippen LogP contribution in [0.2, 0.25) is 5.15 Å². The molecule has 104 valence electrons. The van der Waals surface area contributed by atoms with Gasteiger partial charge in [-0.2, -0.15) is 0 Å². The van der Waals surface area contributed by atoms with E-state index in [0.29, 0.717) is 11.4 Å². The van der Waals surface area contributed by atoms with Gasteiger partial charge in [0.1, 0.15) is 5.69 Å². The zero-order valence-electron chi connectivity index (χ0n) is 10.8. The minimum absolute atomic E-state index is 0.221. The summed E-state index contributed by atoms with van der Waals surface area (Å²) in [5.41, 5.74) is 0.947. The van der Waals surface area contributed by atoms with Gasteiger partial charge in [0.2, 0.25) is 0 Å². The third-order valence-corrected chi connectivity index (χ3v) is 3.67. The number of hydrogen-bond acceptors (Lipinski definition) is 5. The summed E-state index contributed by atoms with van der Waals surface area (Å²) in [6.07, 6.45) is 4.64. The highest BCUT2D eigenvalue weighted by molar-refractivity contribution is 7.99. The van der Waals surface area contributed by atoms with Crippen LogP contribution in [0.25, 0.3) is 0 Å². The van der Waals surface area contributed by atoms with Crippen molar-refractivity contribution in [1.29, 1.82) is 0 Å². The quantitative estimate of drug-likeness (QED) is 0.860. The molecule has 0 unspecified atom stereocenters. The Labute approximate surface area is 126 Å². The van der Waals surface area contributed by atoms with Gasteiger partial charge in [-0.05, 0) is 17.9 Å². The van der Waals surface area contributed by atoms with Gasteiger partial charge >= 0.3 is 0 Å². The van der Waals surface area contributed by atoms with Crippen LogP contribution in [0.15, 0.2) is 35.6 Å². The Kier molecular flexibility index (Phi) is 5.31. The first-order valence-corrected chi connectivity index (χ1v) is 7.40. The van der Waals surface area contributed by atoms with Crippen molar-refractivity contribution in [3.05, 3.63) is 47.3 Å². The van der Waals surface area contributed by atoms with Gasteiger partial charge in [0.15, 0.2) is 5.15 Å². The van der Waals surface area contributed by atoms with Gasteiger partial charge in [0.25, 0.3) is 5.91 Å². The van der Waals surface area contributed by atoms with Gasteiger partial charge in [-0.1, -0.05) is 18.5 Å². The van der Waals surface area contributed by atoms with Gasteiger partial charge < -0.3 is 5.32 Å². The molecule has 0 saturated heterocycles. The summed E-state index contributed by atoms with van der Waals surface area (Å²) < 4.78 is 0. The normalized spacial score (nSPS) is 10.3. The van der Waals surface area contributed by atoms with Crippen molar-refractivity contribution in [1.82, 2.24) is 20.3 Å². The first kappa shape index (κ1) is 14.7. The molecule has 2 rings (SSSR count). The number of carbonyl (C=O) groups excluding carboxylic acids is 1. The fourth-order valence-electron chi connectivity index (χ4n) is 1.55. The molecule has 1 amide bonds. The molecule has 0 aliphatic heterocycles. The minimum atomic E-state index is -0.247. The molecule has 2 aromatic heterocycles. The molecule has 2 aromatic rings. The first-order valence-electron chi connectivity index (χ1n) is 6.03. The summed E-state index contributed by atoms with van der Waals surface area (Å²) in [6, 6.07) is 3.69. The SMILES string of the molecule is CCSc1cccnc1C(=O)NCc1nccnc1Cl. The molecule has 2 heterocycles. The Morgan fingerprint density at radius 3 is 2.85 bits per heavy atom. The van der Waals surface area contributed by atoms with E-state index < -0.39 is 0 Å². The van der Waals surface area contributed by atoms with Crippen LogP contribution in [0.1, 0.15) is 23.1 Å². The fourth-order valence-corrected chi connectivity index (χ4v) is 2.49. The number of hydrogen-bond donors (Lipinski definition) is 1. The highest BCUT2D eigenvalue weighted by Crippen LogP contribution is 2.20. The van der Waals surface area contributed by atoms with Gasteiger partial charge in [-0.15, -0.1) is 11.8 Å². The predicted molar refractivity (Wildman–Crippen MR) is 78.8 cm³/mol. The molecule has 0 radical (unpaired) electrons. The Bertz CT molecular complexity index is 608. The van der Waals surface area contributed by atoms with Crippen molar-refractivity contribution in [2.24, 2.45) is 0 Å². The number of thioether (sulfide) groups is 1. The molecule has 0 aliphatic rings. The summed E-state index contributed by atoms with van der Waals surface area (Å²) >= 11 is 7.47. The molecule has 0 aromatic carbocycles. The Hall–Kier alpha value is -1.66. The van der Waals surface area contributed by atoms with Gasteiger partial charge in [0, 0.05) is 23.5 Å². The maximum Gasteiger partial charge on any atom is 0.271 e. The van der Waals surface area contributed by atoms with Gasteiger partial charge in [-0.3, -0.25) is 9.78 Å². The van der Waals surface area contributed by atoms with Crippen molar-refractivity contribution < 1.29 is 4.79 Å². The van der Waals surface area contributed by atoms with Crippen LogP contribution in [0.5, 0.6) is 0 Å². The van der Waals surface area contributed by atoms with Crippen molar-refractivity contribution in [3.63, 3.8) is 0 Å². The average molecular weight is 309 g/mol. The molecule has 0 bridgehead atoms. The lowest BCUT2D eigenvalue weighted by Crippen LogP contribution is -2.25. The second-order valence-corrected chi connectivity index (χ2v) is 5.42. The van der Waals surface area contributed by atoms with E-state index in [9.17, 15) is 4.79 Å². The topological polar surface area (TPSA) is 67.8 Å². The molecule has 0 saturated carbocycles. The van der Waals surface area contributed by atoms with Crippen LogP contribution >= 0.6 is 23.4 Å². The summed E-state index contributed by atoms with van der Waals surface area (Å²) in [5, 5.41) is 3.04. The Morgan fingerprint density at radius 1 is 1.30 bits per heavy atom. The van der Waals surface area contributed by atoms with Crippen LogP contribution in [-0.4, -0.2) is 26.6 Å². The largest absolute Gasteiger partial charge is 0.345 e. The van der Waals surface area contributed by atoms with E-state index in [1.807, 2.05) is 19.1 Å². The number of rotatable bonds is 5. The summed E-state index contributed by atoms with van der Waals surface area (Å²) in [6.45, 7) is 2.25. The van der Waals surface area contributed by atoms with Gasteiger partial charge in [0.05, 0.1) is 12.2 Å². The molecule has 5 nitrogen and oxygen atoms in total. The highest BCUT2D eigenvalue weighted by atomic mass is 35.5. The van der Waals surface area contributed by atoms with Crippen molar-refractivity contribution in [2.75, 3.05) is 5.75 Å². The molecule has 0 spiro atoms. The molecule has 0 fully saturated rings. The third-order valence-electron chi connectivity index (χ3n) is 2.43. The van der Waals surface area contributed by atoms with E-state index in [1.165, 1.54) is 12.4 Å². The van der Waals surface area contributed by atoms with E-state index in [4.69, 9.17) is 11.6 Å². The number of nitrogens with zero attached hydrogens (tertiary/aromatic N) is 3. The van der Waals surface area contributed by atoms with Crippen LogP contribution in [-0.2, 0) is 6.54 Å². The molecular formula is C13H13ClN4OS. The Morgan fingerprint density at radius 2 is 2.10 bits per heavy atom. The smallest absolute Gasteiger partial charge is 0.271 e. The number of aromatic nitrogens is 3. The number of nitrogens with one attached hydrogen (secondary N) is 1. The molecule has 0 atom stereocenters. The summed E-state index contributed by atoms with van der Waals surface area (Å²) in [5.74, 6) is 0.630. The van der Waals surface area contributed by atoms with Crippen LogP contribution in [0, 0.1) is 0 Å². The van der Waals surface area contributed by atoms with Crippen LogP contribution < -0.4 is 5.32 Å². The summed E-state index contributed by atoms with van der Waals surface area (Å²) in [7, 11) is 0. The monoisotopic (exact) mass is 308 g/mol. The standard InChI is InChI=1S/C13H13ClN4OS/c1-2-20-10-4-3-5-16-11(10)13(19)18-8-9-12(14)17-7-6-15-9/h3-7H,2,8H2,1H3,(H,18,19). The number of pyridine rings is 1. The molecule has 20 heavy (non-hydrogen) atoms. The maximum absolute atomic E-state index is 12.1. The van der Waals surface area contributed by atoms with Crippen molar-refractivity contribution in [3.8, 4) is 0 Å². The lowest BCUT2D eigenvalue weighted by Gasteiger charge is -2.08. The van der Waals surface area contributed by atoms with Crippen molar-refractivity contribution in [2.45, 2.75) is 18.4 Å². The van der Waals surface area contributed by atoms with Crippen LogP contribution in [0.4, 0.5) is 0 Å². The van der Waals surface area contributed by atoms with Crippen molar-refractivity contribution >= 4 is 29.3 Å². The van der Waals surface area contributed by atoms with Gasteiger partial charge in [-0.25, -0.2) is 9.97 Å². The second kappa shape index (κ2) is 7.21. The molecule has 7 heteroatoms. The third kappa shape index (κ3) is 3.68. The summed E-state index contributed by atoms with van der Waals surface area (Å²) in [4.78, 5) is 25.1. The number of amides is 1. The van der Waals surface area contributed by atoms with E-state index in [-0.39, 0.29) is 17.6 Å². The lowest BCUT2D eigenvalue weighted by atomic mass is 10.3. The predicted octanol–water partition coefficient (Wildman–Crippen LogP) is 2.57. The molecule has 0 aliphatic carbocycles. The highest BCUT2D eigenvalue weighted by Gasteiger charge is 2.13. The zero-order chi connectivity index (χ0) is 14.4. The minimum Gasteiger partial charge on any atom is -0.345 e. The second-order valence-electron chi connectivity index (χ2n) is 3.76. The zero-order valence-corrected chi connectivity index (χ0v) is 12.4. The van der Waals surface area contributed by atoms with E-state index in [1.54, 1.807) is 18.0 Å².